The molecule has 0 aromatic rings. The third kappa shape index (κ3) is 3.21. The van der Waals surface area contributed by atoms with Crippen molar-refractivity contribution < 1.29 is 4.74 Å². The Morgan fingerprint density at radius 2 is 2.27 bits per heavy atom. The van der Waals surface area contributed by atoms with Crippen molar-refractivity contribution in [1.82, 2.24) is 4.90 Å². The Morgan fingerprint density at radius 1 is 1.55 bits per heavy atom. The van der Waals surface area contributed by atoms with Gasteiger partial charge >= 0.3 is 0 Å². The van der Waals surface area contributed by atoms with Gasteiger partial charge in [-0.05, 0) is 39.8 Å². The monoisotopic (exact) mass is 157 g/mol. The van der Waals surface area contributed by atoms with Gasteiger partial charge in [-0.3, -0.25) is 0 Å². The lowest BCUT2D eigenvalue weighted by Crippen LogP contribution is -2.18. The van der Waals surface area contributed by atoms with E-state index in [1.807, 2.05) is 0 Å². The molecule has 0 radical (unpaired) electrons. The average molecular weight is 157 g/mol. The van der Waals surface area contributed by atoms with Gasteiger partial charge in [-0.1, -0.05) is 0 Å². The van der Waals surface area contributed by atoms with Gasteiger partial charge in [-0.25, -0.2) is 0 Å². The van der Waals surface area contributed by atoms with Crippen LogP contribution in [0.25, 0.3) is 0 Å². The lowest BCUT2D eigenvalue weighted by molar-refractivity contribution is 0.0536. The molecule has 0 bridgehead atoms. The molecule has 1 fully saturated rings. The van der Waals surface area contributed by atoms with E-state index < -0.39 is 0 Å². The molecule has 0 aromatic carbocycles. The van der Waals surface area contributed by atoms with Crippen LogP contribution in [0.5, 0.6) is 0 Å². The smallest absolute Gasteiger partial charge is 0.0519 e. The first-order valence-electron chi connectivity index (χ1n) is 4.48. The van der Waals surface area contributed by atoms with Crippen molar-refractivity contribution in [2.45, 2.75) is 26.4 Å². The van der Waals surface area contributed by atoms with Crippen molar-refractivity contribution in [2.24, 2.45) is 5.92 Å². The average Bonchev–Trinajstić information content (AvgIpc) is 2.31. The molecule has 0 spiro atoms. The molecular weight excluding hydrogens is 138 g/mol. The summed E-state index contributed by atoms with van der Waals surface area (Å²) in [7, 11) is 2.18. The summed E-state index contributed by atoms with van der Waals surface area (Å²) in [5.74, 6) is 0.780. The zero-order chi connectivity index (χ0) is 8.27. The van der Waals surface area contributed by atoms with Crippen LogP contribution in [-0.2, 0) is 4.74 Å². The summed E-state index contributed by atoms with van der Waals surface area (Å²) >= 11 is 0. The van der Waals surface area contributed by atoms with Crippen molar-refractivity contribution in [3.8, 4) is 0 Å². The Bertz CT molecular complexity index is 114. The van der Waals surface area contributed by atoms with E-state index in [1.54, 1.807) is 0 Å². The molecule has 1 atom stereocenters. The Kier molecular flexibility index (Phi) is 3.34. The lowest BCUT2D eigenvalue weighted by atomic mass is 10.1. The second-order valence-electron chi connectivity index (χ2n) is 3.80. The summed E-state index contributed by atoms with van der Waals surface area (Å²) in [4.78, 5) is 2.37. The normalized spacial score (nSPS) is 26.7. The number of rotatable bonds is 3. The molecule has 1 aliphatic heterocycles. The second kappa shape index (κ2) is 4.07. The Balaban J connectivity index is 2.08. The van der Waals surface area contributed by atoms with E-state index >= 15 is 0 Å². The molecule has 0 aromatic heterocycles. The molecule has 1 aliphatic rings. The van der Waals surface area contributed by atoms with Crippen LogP contribution in [0.4, 0.5) is 0 Å². The summed E-state index contributed by atoms with van der Waals surface area (Å²) in [5, 5.41) is 0. The first-order valence-corrected chi connectivity index (χ1v) is 4.48. The molecular formula is C9H19NO. The number of nitrogens with zero attached hydrogens (tertiary/aromatic N) is 1. The van der Waals surface area contributed by atoms with Crippen LogP contribution in [0.15, 0.2) is 0 Å². The van der Waals surface area contributed by atoms with Crippen molar-refractivity contribution in [3.05, 3.63) is 0 Å². The van der Waals surface area contributed by atoms with Crippen molar-refractivity contribution in [3.63, 3.8) is 0 Å². The maximum Gasteiger partial charge on any atom is 0.0519 e. The van der Waals surface area contributed by atoms with Crippen LogP contribution in [0, 0.1) is 5.92 Å². The molecule has 66 valence electrons. The SMILES string of the molecule is CC(C)OCC1CCN(C)C1. The van der Waals surface area contributed by atoms with Gasteiger partial charge in [-0.2, -0.15) is 0 Å². The van der Waals surface area contributed by atoms with Gasteiger partial charge < -0.3 is 9.64 Å². The largest absolute Gasteiger partial charge is 0.378 e. The molecule has 2 nitrogen and oxygen atoms in total. The van der Waals surface area contributed by atoms with E-state index in [2.05, 4.69) is 25.8 Å². The van der Waals surface area contributed by atoms with Crippen LogP contribution in [0.1, 0.15) is 20.3 Å². The van der Waals surface area contributed by atoms with Crippen molar-refractivity contribution in [2.75, 3.05) is 26.7 Å². The molecule has 1 unspecified atom stereocenters. The predicted molar refractivity (Wildman–Crippen MR) is 46.7 cm³/mol. The van der Waals surface area contributed by atoms with Gasteiger partial charge in [0.05, 0.1) is 12.7 Å². The number of ether oxygens (including phenoxy) is 1. The minimum Gasteiger partial charge on any atom is -0.378 e. The van der Waals surface area contributed by atoms with Gasteiger partial charge in [0.1, 0.15) is 0 Å². The first kappa shape index (κ1) is 9.01. The summed E-state index contributed by atoms with van der Waals surface area (Å²) < 4.78 is 5.55. The lowest BCUT2D eigenvalue weighted by Gasteiger charge is -2.12. The summed E-state index contributed by atoms with van der Waals surface area (Å²) in [6.07, 6.45) is 1.70. The van der Waals surface area contributed by atoms with Gasteiger partial charge in [0.15, 0.2) is 0 Å². The van der Waals surface area contributed by atoms with E-state index in [9.17, 15) is 0 Å². The molecule has 11 heavy (non-hydrogen) atoms. The Morgan fingerprint density at radius 3 is 2.73 bits per heavy atom. The third-order valence-electron chi connectivity index (χ3n) is 2.15. The van der Waals surface area contributed by atoms with E-state index in [0.717, 1.165) is 12.5 Å². The third-order valence-corrected chi connectivity index (χ3v) is 2.15. The standard InChI is InChI=1S/C9H19NO/c1-8(2)11-7-9-4-5-10(3)6-9/h8-9H,4-7H2,1-3H3. The van der Waals surface area contributed by atoms with E-state index in [0.29, 0.717) is 6.10 Å². The van der Waals surface area contributed by atoms with Gasteiger partial charge in [0.2, 0.25) is 0 Å². The Hall–Kier alpha value is -0.0800. The van der Waals surface area contributed by atoms with Crippen LogP contribution in [0.3, 0.4) is 0 Å². The maximum atomic E-state index is 5.55. The quantitative estimate of drug-likeness (QED) is 0.613. The highest BCUT2D eigenvalue weighted by Gasteiger charge is 2.19. The van der Waals surface area contributed by atoms with Crippen molar-refractivity contribution >= 4 is 0 Å². The molecule has 0 amide bonds. The molecule has 1 rings (SSSR count). The Labute approximate surface area is 69.5 Å². The van der Waals surface area contributed by atoms with E-state index in [4.69, 9.17) is 4.74 Å². The molecule has 0 aliphatic carbocycles. The van der Waals surface area contributed by atoms with Crippen molar-refractivity contribution in [1.29, 1.82) is 0 Å². The molecule has 1 heterocycles. The number of hydrogen-bond donors (Lipinski definition) is 0. The summed E-state index contributed by atoms with van der Waals surface area (Å²) in [5.41, 5.74) is 0. The summed E-state index contributed by atoms with van der Waals surface area (Å²) in [6, 6.07) is 0. The van der Waals surface area contributed by atoms with Gasteiger partial charge in [-0.15, -0.1) is 0 Å². The highest BCUT2D eigenvalue weighted by atomic mass is 16.5. The minimum atomic E-state index is 0.390. The summed E-state index contributed by atoms with van der Waals surface area (Å²) in [6.45, 7) is 7.60. The van der Waals surface area contributed by atoms with Gasteiger partial charge in [0.25, 0.3) is 0 Å². The molecule has 0 N–H and O–H groups in total. The predicted octanol–water partition coefficient (Wildman–Crippen LogP) is 1.36. The first-order chi connectivity index (χ1) is 5.18. The van der Waals surface area contributed by atoms with E-state index in [-0.39, 0.29) is 0 Å². The van der Waals surface area contributed by atoms with E-state index in [1.165, 1.54) is 19.5 Å². The minimum absolute atomic E-state index is 0.390. The highest BCUT2D eigenvalue weighted by Crippen LogP contribution is 2.14. The highest BCUT2D eigenvalue weighted by molar-refractivity contribution is 4.72. The fourth-order valence-corrected chi connectivity index (χ4v) is 1.49. The second-order valence-corrected chi connectivity index (χ2v) is 3.80. The van der Waals surface area contributed by atoms with Crippen LogP contribution in [0.2, 0.25) is 0 Å². The zero-order valence-electron chi connectivity index (χ0n) is 7.84. The fraction of sp³-hybridized carbons (Fsp3) is 1.00. The zero-order valence-corrected chi connectivity index (χ0v) is 7.84. The number of likely N-dealkylation sites (tertiary alicyclic amines) is 1. The number of hydrogen-bond acceptors (Lipinski definition) is 2. The van der Waals surface area contributed by atoms with Crippen LogP contribution in [-0.4, -0.2) is 37.7 Å². The maximum absolute atomic E-state index is 5.55. The molecule has 1 saturated heterocycles. The van der Waals surface area contributed by atoms with Gasteiger partial charge in [0, 0.05) is 6.54 Å². The fourth-order valence-electron chi connectivity index (χ4n) is 1.49. The van der Waals surface area contributed by atoms with Crippen LogP contribution >= 0.6 is 0 Å². The van der Waals surface area contributed by atoms with Crippen LogP contribution < -0.4 is 0 Å². The molecule has 2 heteroatoms. The molecule has 0 saturated carbocycles. The topological polar surface area (TPSA) is 12.5 Å².